The summed E-state index contributed by atoms with van der Waals surface area (Å²) in [5.74, 6) is 1.29. The molecule has 3 rings (SSSR count). The van der Waals surface area contributed by atoms with Gasteiger partial charge in [0.05, 0.1) is 13.4 Å². The van der Waals surface area contributed by atoms with Crippen molar-refractivity contribution < 1.29 is 13.9 Å². The Morgan fingerprint density at radius 3 is 2.32 bits per heavy atom. The standard InChI is InChI=1S/C17H20N2O3/c1-13-7-12-22-16(13)17(20)19-10-8-18(9-11-19)14-3-5-15(21-2)6-4-14/h3-7,12H,8-11H2,1-2H3. The zero-order chi connectivity index (χ0) is 15.5. The number of amides is 1. The lowest BCUT2D eigenvalue weighted by Gasteiger charge is -2.35. The highest BCUT2D eigenvalue weighted by Gasteiger charge is 2.25. The molecule has 5 heteroatoms. The van der Waals surface area contributed by atoms with E-state index >= 15 is 0 Å². The quantitative estimate of drug-likeness (QED) is 0.874. The van der Waals surface area contributed by atoms with Gasteiger partial charge in [0.25, 0.3) is 5.91 Å². The summed E-state index contributed by atoms with van der Waals surface area (Å²) in [5, 5.41) is 0. The average Bonchev–Trinajstić information content (AvgIpc) is 3.00. The molecule has 0 aliphatic carbocycles. The molecule has 1 aromatic heterocycles. The number of methoxy groups -OCH3 is 1. The summed E-state index contributed by atoms with van der Waals surface area (Å²) in [7, 11) is 1.66. The first-order chi connectivity index (χ1) is 10.7. The Bertz CT molecular complexity index is 640. The first-order valence-electron chi connectivity index (χ1n) is 7.41. The Morgan fingerprint density at radius 1 is 1.09 bits per heavy atom. The molecule has 1 aliphatic heterocycles. The Labute approximate surface area is 130 Å². The van der Waals surface area contributed by atoms with Crippen LogP contribution in [0.25, 0.3) is 0 Å². The van der Waals surface area contributed by atoms with Gasteiger partial charge < -0.3 is 19.0 Å². The van der Waals surface area contributed by atoms with E-state index in [-0.39, 0.29) is 5.91 Å². The minimum atomic E-state index is -0.0168. The van der Waals surface area contributed by atoms with Crippen molar-refractivity contribution in [2.45, 2.75) is 6.92 Å². The largest absolute Gasteiger partial charge is 0.497 e. The number of rotatable bonds is 3. The minimum absolute atomic E-state index is 0.0168. The molecule has 1 fully saturated rings. The van der Waals surface area contributed by atoms with Crippen molar-refractivity contribution in [3.63, 3.8) is 0 Å². The van der Waals surface area contributed by atoms with Crippen molar-refractivity contribution in [1.82, 2.24) is 4.90 Å². The van der Waals surface area contributed by atoms with Crippen LogP contribution in [0.5, 0.6) is 5.75 Å². The molecule has 1 amide bonds. The first kappa shape index (κ1) is 14.5. The van der Waals surface area contributed by atoms with E-state index in [1.54, 1.807) is 13.4 Å². The van der Waals surface area contributed by atoms with E-state index in [9.17, 15) is 4.79 Å². The molecule has 2 aromatic rings. The zero-order valence-electron chi connectivity index (χ0n) is 12.9. The third-order valence-electron chi connectivity index (χ3n) is 4.06. The molecule has 22 heavy (non-hydrogen) atoms. The highest BCUT2D eigenvalue weighted by atomic mass is 16.5. The predicted molar refractivity (Wildman–Crippen MR) is 84.6 cm³/mol. The molecule has 0 spiro atoms. The Balaban J connectivity index is 1.62. The molecule has 0 N–H and O–H groups in total. The second kappa shape index (κ2) is 6.13. The molecule has 1 aliphatic rings. The molecule has 1 aromatic carbocycles. The summed E-state index contributed by atoms with van der Waals surface area (Å²) >= 11 is 0. The fourth-order valence-electron chi connectivity index (χ4n) is 2.70. The van der Waals surface area contributed by atoms with E-state index in [4.69, 9.17) is 9.15 Å². The number of hydrogen-bond acceptors (Lipinski definition) is 4. The lowest BCUT2D eigenvalue weighted by Crippen LogP contribution is -2.48. The Kier molecular flexibility index (Phi) is 4.04. The van der Waals surface area contributed by atoms with Crippen molar-refractivity contribution >= 4 is 11.6 Å². The van der Waals surface area contributed by atoms with Gasteiger partial charge in [-0.3, -0.25) is 4.79 Å². The van der Waals surface area contributed by atoms with Gasteiger partial charge >= 0.3 is 0 Å². The van der Waals surface area contributed by atoms with Crippen molar-refractivity contribution in [2.75, 3.05) is 38.2 Å². The molecule has 0 saturated carbocycles. The van der Waals surface area contributed by atoms with E-state index in [0.717, 1.165) is 30.1 Å². The molecule has 0 radical (unpaired) electrons. The maximum absolute atomic E-state index is 12.4. The van der Waals surface area contributed by atoms with Crippen molar-refractivity contribution in [2.24, 2.45) is 0 Å². The average molecular weight is 300 g/mol. The van der Waals surface area contributed by atoms with E-state index in [0.29, 0.717) is 18.8 Å². The number of anilines is 1. The summed E-state index contributed by atoms with van der Waals surface area (Å²) in [6, 6.07) is 9.83. The van der Waals surface area contributed by atoms with Crippen LogP contribution in [0.2, 0.25) is 0 Å². The summed E-state index contributed by atoms with van der Waals surface area (Å²) in [4.78, 5) is 16.5. The van der Waals surface area contributed by atoms with Crippen LogP contribution >= 0.6 is 0 Å². The van der Waals surface area contributed by atoms with Crippen LogP contribution in [0.1, 0.15) is 16.1 Å². The van der Waals surface area contributed by atoms with Crippen LogP contribution in [0, 0.1) is 6.92 Å². The predicted octanol–water partition coefficient (Wildman–Crippen LogP) is 2.56. The smallest absolute Gasteiger partial charge is 0.289 e. The van der Waals surface area contributed by atoms with Crippen LogP contribution in [-0.2, 0) is 0 Å². The van der Waals surface area contributed by atoms with Gasteiger partial charge in [-0.05, 0) is 37.3 Å². The second-order valence-electron chi connectivity index (χ2n) is 5.41. The number of nitrogens with zero attached hydrogens (tertiary/aromatic N) is 2. The lowest BCUT2D eigenvalue weighted by molar-refractivity contribution is 0.0713. The molecule has 2 heterocycles. The maximum atomic E-state index is 12.4. The highest BCUT2D eigenvalue weighted by molar-refractivity contribution is 5.93. The normalized spacial score (nSPS) is 15.0. The molecule has 1 saturated heterocycles. The maximum Gasteiger partial charge on any atom is 0.289 e. The number of carbonyl (C=O) groups excluding carboxylic acids is 1. The SMILES string of the molecule is COc1ccc(N2CCN(C(=O)c3occc3C)CC2)cc1. The number of carbonyl (C=O) groups is 1. The van der Waals surface area contributed by atoms with Gasteiger partial charge in [-0.1, -0.05) is 0 Å². The van der Waals surface area contributed by atoms with E-state index in [2.05, 4.69) is 4.90 Å². The fraction of sp³-hybridized carbons (Fsp3) is 0.353. The van der Waals surface area contributed by atoms with Crippen LogP contribution < -0.4 is 9.64 Å². The summed E-state index contributed by atoms with van der Waals surface area (Å²) in [6.07, 6.45) is 1.57. The lowest BCUT2D eigenvalue weighted by atomic mass is 10.2. The molecular formula is C17H20N2O3. The topological polar surface area (TPSA) is 45.9 Å². The number of piperazine rings is 1. The van der Waals surface area contributed by atoms with Crippen molar-refractivity contribution in [1.29, 1.82) is 0 Å². The van der Waals surface area contributed by atoms with Gasteiger partial charge in [-0.2, -0.15) is 0 Å². The third kappa shape index (κ3) is 2.79. The molecule has 116 valence electrons. The van der Waals surface area contributed by atoms with E-state index < -0.39 is 0 Å². The van der Waals surface area contributed by atoms with Crippen LogP contribution in [0.4, 0.5) is 5.69 Å². The highest BCUT2D eigenvalue weighted by Crippen LogP contribution is 2.21. The number of ether oxygens (including phenoxy) is 1. The Hall–Kier alpha value is -2.43. The van der Waals surface area contributed by atoms with Gasteiger partial charge in [0, 0.05) is 37.4 Å². The van der Waals surface area contributed by atoms with Crippen LogP contribution in [0.15, 0.2) is 41.0 Å². The van der Waals surface area contributed by atoms with Gasteiger partial charge in [0.2, 0.25) is 0 Å². The minimum Gasteiger partial charge on any atom is -0.497 e. The number of furan rings is 1. The molecular weight excluding hydrogens is 280 g/mol. The fourth-order valence-corrected chi connectivity index (χ4v) is 2.70. The number of aryl methyl sites for hydroxylation is 1. The van der Waals surface area contributed by atoms with Gasteiger partial charge in [0.15, 0.2) is 5.76 Å². The van der Waals surface area contributed by atoms with Gasteiger partial charge in [-0.25, -0.2) is 0 Å². The number of benzene rings is 1. The number of hydrogen-bond donors (Lipinski definition) is 0. The molecule has 5 nitrogen and oxygen atoms in total. The molecule has 0 bridgehead atoms. The second-order valence-corrected chi connectivity index (χ2v) is 5.41. The van der Waals surface area contributed by atoms with Crippen molar-refractivity contribution in [3.8, 4) is 5.75 Å². The summed E-state index contributed by atoms with van der Waals surface area (Å²) in [6.45, 7) is 4.93. The van der Waals surface area contributed by atoms with Crippen LogP contribution in [-0.4, -0.2) is 44.1 Å². The monoisotopic (exact) mass is 300 g/mol. The first-order valence-corrected chi connectivity index (χ1v) is 7.41. The van der Waals surface area contributed by atoms with Crippen LogP contribution in [0.3, 0.4) is 0 Å². The molecule has 0 unspecified atom stereocenters. The van der Waals surface area contributed by atoms with Gasteiger partial charge in [0.1, 0.15) is 5.75 Å². The molecule has 0 atom stereocenters. The Morgan fingerprint density at radius 2 is 1.77 bits per heavy atom. The zero-order valence-corrected chi connectivity index (χ0v) is 12.9. The third-order valence-corrected chi connectivity index (χ3v) is 4.06. The summed E-state index contributed by atoms with van der Waals surface area (Å²) in [5.41, 5.74) is 2.05. The van der Waals surface area contributed by atoms with Gasteiger partial charge in [-0.15, -0.1) is 0 Å². The van der Waals surface area contributed by atoms with E-state index in [1.165, 1.54) is 0 Å². The van der Waals surface area contributed by atoms with E-state index in [1.807, 2.05) is 42.2 Å². The van der Waals surface area contributed by atoms with Crippen molar-refractivity contribution in [3.05, 3.63) is 47.9 Å². The summed E-state index contributed by atoms with van der Waals surface area (Å²) < 4.78 is 10.5.